The highest BCUT2D eigenvalue weighted by Crippen LogP contribution is 2.43. The van der Waals surface area contributed by atoms with Crippen molar-refractivity contribution in [2.45, 2.75) is 277 Å². The highest BCUT2D eigenvalue weighted by molar-refractivity contribution is 7.47. The minimum atomic E-state index is -4.75. The van der Waals surface area contributed by atoms with Gasteiger partial charge in [0.25, 0.3) is 0 Å². The summed E-state index contributed by atoms with van der Waals surface area (Å²) in [6.07, 6.45) is 55.0. The first-order valence-corrected chi connectivity index (χ1v) is 30.0. The Morgan fingerprint density at radius 3 is 1.20 bits per heavy atom. The predicted octanol–water partition coefficient (Wildman–Crippen LogP) is 16.6. The van der Waals surface area contributed by atoms with Crippen LogP contribution in [0.25, 0.3) is 0 Å². The minimum Gasteiger partial charge on any atom is -0.462 e. The average Bonchev–Trinajstić information content (AvgIpc) is 3.35. The molecule has 2 N–H and O–H groups in total. The fourth-order valence-electron chi connectivity index (χ4n) is 7.88. The molecule has 0 amide bonds. The van der Waals surface area contributed by atoms with E-state index in [0.717, 1.165) is 109 Å². The number of carbonyl (C=O) groups excluding carboxylic acids is 3. The van der Waals surface area contributed by atoms with Gasteiger partial charge < -0.3 is 24.2 Å². The lowest BCUT2D eigenvalue weighted by Crippen LogP contribution is -2.30. The van der Waals surface area contributed by atoms with Crippen LogP contribution in [0.1, 0.15) is 265 Å². The summed E-state index contributed by atoms with van der Waals surface area (Å²) >= 11 is 0. The van der Waals surface area contributed by atoms with Gasteiger partial charge in [-0.1, -0.05) is 223 Å². The molecule has 0 aliphatic carbocycles. The van der Waals surface area contributed by atoms with E-state index in [2.05, 4.69) is 69.4 Å². The second-order valence-corrected chi connectivity index (χ2v) is 20.5. The van der Waals surface area contributed by atoms with Crippen molar-refractivity contribution >= 4 is 25.7 Å². The molecule has 0 aromatic rings. The molecule has 0 aliphatic heterocycles. The summed E-state index contributed by atoms with van der Waals surface area (Å²) in [5.74, 6) is -1.48. The number of aliphatic hydroxyl groups is 1. The summed E-state index contributed by atoms with van der Waals surface area (Å²) in [5, 5.41) is 9.78. The minimum absolute atomic E-state index is 0.167. The second-order valence-electron chi connectivity index (χ2n) is 19.1. The number of phosphoric acid groups is 1. The maximum absolute atomic E-state index is 12.9. The Morgan fingerprint density at radius 1 is 0.414 bits per heavy atom. The molecule has 0 radical (unpaired) electrons. The number of allylic oxidation sites excluding steroid dienone is 8. The number of aliphatic hydroxyl groups excluding tert-OH is 1. The van der Waals surface area contributed by atoms with Crippen LogP contribution in [-0.4, -0.2) is 66.5 Å². The van der Waals surface area contributed by atoms with E-state index in [-0.39, 0.29) is 25.9 Å². The first-order valence-electron chi connectivity index (χ1n) is 28.5. The fourth-order valence-corrected chi connectivity index (χ4v) is 8.67. The molecule has 70 heavy (non-hydrogen) atoms. The Morgan fingerprint density at radius 2 is 0.757 bits per heavy atom. The molecule has 0 rings (SSSR count). The van der Waals surface area contributed by atoms with Gasteiger partial charge in [0.05, 0.1) is 19.8 Å². The van der Waals surface area contributed by atoms with Crippen LogP contribution in [0, 0.1) is 0 Å². The number of esters is 3. The van der Waals surface area contributed by atoms with Crippen LogP contribution in [0.4, 0.5) is 0 Å². The highest BCUT2D eigenvalue weighted by Gasteiger charge is 2.28. The Balaban J connectivity index is 4.73. The smallest absolute Gasteiger partial charge is 0.462 e. The molecule has 0 aromatic carbocycles. The first kappa shape index (κ1) is 67.4. The number of ether oxygens (including phenoxy) is 3. The van der Waals surface area contributed by atoms with E-state index in [9.17, 15) is 28.9 Å². The van der Waals surface area contributed by atoms with Crippen LogP contribution in [0.5, 0.6) is 0 Å². The SMILES string of the molecule is CC/C=C\C/C=C\C/C=C\CCCCCCCC(=O)OCC(COP(=O)(O)OCC(CO)OC(=O)CCCCCCC/C=C\CCCC)OC(=O)CCCCCCCCCCCCCCCCCCC. The van der Waals surface area contributed by atoms with Crippen LogP contribution >= 0.6 is 7.82 Å². The van der Waals surface area contributed by atoms with Crippen LogP contribution in [-0.2, 0) is 42.2 Å². The molecule has 0 saturated carbocycles. The molecule has 0 fully saturated rings. The van der Waals surface area contributed by atoms with Crippen molar-refractivity contribution in [3.63, 3.8) is 0 Å². The maximum atomic E-state index is 12.9. The molecule has 0 aliphatic rings. The Kier molecular flexibility index (Phi) is 50.8. The van der Waals surface area contributed by atoms with E-state index in [1.807, 2.05) is 0 Å². The molecule has 3 unspecified atom stereocenters. The molecular weight excluding hydrogens is 904 g/mol. The zero-order chi connectivity index (χ0) is 51.3. The second kappa shape index (κ2) is 52.8. The molecule has 0 aromatic heterocycles. The Hall–Kier alpha value is -2.56. The largest absolute Gasteiger partial charge is 0.472 e. The fraction of sp³-hybridized carbons (Fsp3) is 0.810. The molecule has 408 valence electrons. The lowest BCUT2D eigenvalue weighted by atomic mass is 10.0. The number of hydrogen-bond donors (Lipinski definition) is 2. The van der Waals surface area contributed by atoms with Crippen molar-refractivity contribution in [3.05, 3.63) is 48.6 Å². The van der Waals surface area contributed by atoms with Gasteiger partial charge in [-0.2, -0.15) is 0 Å². The van der Waals surface area contributed by atoms with Crippen LogP contribution in [0.2, 0.25) is 0 Å². The Labute approximate surface area is 428 Å². The predicted molar refractivity (Wildman–Crippen MR) is 289 cm³/mol. The molecule has 11 nitrogen and oxygen atoms in total. The van der Waals surface area contributed by atoms with Gasteiger partial charge in [0.2, 0.25) is 0 Å². The summed E-state index contributed by atoms with van der Waals surface area (Å²) in [7, 11) is -4.75. The van der Waals surface area contributed by atoms with Gasteiger partial charge in [-0.15, -0.1) is 0 Å². The van der Waals surface area contributed by atoms with Crippen molar-refractivity contribution in [1.82, 2.24) is 0 Å². The van der Waals surface area contributed by atoms with Crippen molar-refractivity contribution in [3.8, 4) is 0 Å². The number of rotatable bonds is 53. The van der Waals surface area contributed by atoms with Gasteiger partial charge in [0, 0.05) is 19.3 Å². The van der Waals surface area contributed by atoms with E-state index < -0.39 is 57.8 Å². The summed E-state index contributed by atoms with van der Waals surface area (Å²) < 4.78 is 39.5. The van der Waals surface area contributed by atoms with Crippen molar-refractivity contribution in [2.24, 2.45) is 0 Å². The normalized spacial score (nSPS) is 13.7. The van der Waals surface area contributed by atoms with Crippen molar-refractivity contribution in [1.29, 1.82) is 0 Å². The van der Waals surface area contributed by atoms with E-state index in [1.165, 1.54) is 96.3 Å². The first-order chi connectivity index (χ1) is 34.2. The third kappa shape index (κ3) is 50.4. The molecule has 3 atom stereocenters. The molecule has 0 heterocycles. The van der Waals surface area contributed by atoms with Crippen LogP contribution in [0.3, 0.4) is 0 Å². The number of unbranched alkanes of at least 4 members (excludes halogenated alkanes) is 28. The van der Waals surface area contributed by atoms with Crippen LogP contribution < -0.4 is 0 Å². The molecule has 0 bridgehead atoms. The standard InChI is InChI=1S/C58H105O11P/c1-4-7-10-13-16-19-22-24-26-27-29-31-34-37-40-43-46-49-58(62)69-55(51-65-56(60)47-44-41-38-35-33-30-28-25-23-20-17-14-11-8-5-2)53-67-70(63,64)66-52-54(50-59)68-57(61)48-45-42-39-36-32-21-18-15-12-9-6-3/h8,11,15,17-18,20,25,28,54-55,59H,4-7,9-10,12-14,16,19,21-24,26-27,29-53H2,1-3H3,(H,63,64)/b11-8-,18-15-,20-17-,28-25-. The monoisotopic (exact) mass is 1010 g/mol. The van der Waals surface area contributed by atoms with E-state index in [0.29, 0.717) is 19.3 Å². The lowest BCUT2D eigenvalue weighted by molar-refractivity contribution is -0.161. The van der Waals surface area contributed by atoms with Gasteiger partial charge in [-0.3, -0.25) is 23.4 Å². The molecule has 0 spiro atoms. The zero-order valence-corrected chi connectivity index (χ0v) is 45.9. The number of hydrogen-bond acceptors (Lipinski definition) is 10. The third-order valence-electron chi connectivity index (χ3n) is 12.2. The quantitative estimate of drug-likeness (QED) is 0.0197. The molecule has 12 heteroatoms. The van der Waals surface area contributed by atoms with Crippen molar-refractivity contribution < 1.29 is 52.2 Å². The molecule has 0 saturated heterocycles. The van der Waals surface area contributed by atoms with Gasteiger partial charge in [0.1, 0.15) is 12.7 Å². The van der Waals surface area contributed by atoms with Crippen LogP contribution in [0.15, 0.2) is 48.6 Å². The van der Waals surface area contributed by atoms with E-state index >= 15 is 0 Å². The summed E-state index contributed by atoms with van der Waals surface area (Å²) in [6.45, 7) is 4.49. The summed E-state index contributed by atoms with van der Waals surface area (Å²) in [4.78, 5) is 48.4. The zero-order valence-electron chi connectivity index (χ0n) is 45.0. The number of carbonyl (C=O) groups is 3. The lowest BCUT2D eigenvalue weighted by Gasteiger charge is -2.21. The third-order valence-corrected chi connectivity index (χ3v) is 13.2. The van der Waals surface area contributed by atoms with Gasteiger partial charge in [-0.05, 0) is 70.6 Å². The van der Waals surface area contributed by atoms with Gasteiger partial charge in [-0.25, -0.2) is 4.57 Å². The van der Waals surface area contributed by atoms with Gasteiger partial charge in [0.15, 0.2) is 6.10 Å². The van der Waals surface area contributed by atoms with E-state index in [4.69, 9.17) is 23.3 Å². The maximum Gasteiger partial charge on any atom is 0.472 e. The Bertz CT molecular complexity index is 1360. The summed E-state index contributed by atoms with van der Waals surface area (Å²) in [6, 6.07) is 0. The summed E-state index contributed by atoms with van der Waals surface area (Å²) in [5.41, 5.74) is 0. The van der Waals surface area contributed by atoms with E-state index in [1.54, 1.807) is 0 Å². The average molecular weight is 1010 g/mol. The number of phosphoric ester groups is 1. The highest BCUT2D eigenvalue weighted by atomic mass is 31.2. The topological polar surface area (TPSA) is 155 Å². The van der Waals surface area contributed by atoms with Gasteiger partial charge >= 0.3 is 25.7 Å². The molecular formula is C58H105O11P. The van der Waals surface area contributed by atoms with Crippen molar-refractivity contribution in [2.75, 3.05) is 26.4 Å².